The Morgan fingerprint density at radius 1 is 0.485 bits per heavy atom. The van der Waals surface area contributed by atoms with Gasteiger partial charge in [-0.3, -0.25) is 0 Å². The van der Waals surface area contributed by atoms with Crippen LogP contribution >= 0.6 is 11.8 Å². The highest BCUT2D eigenvalue weighted by molar-refractivity contribution is 8.01. The lowest BCUT2D eigenvalue weighted by Crippen LogP contribution is -2.34. The minimum absolute atomic E-state index is 0.449. The van der Waals surface area contributed by atoms with Gasteiger partial charge in [-0.1, -0.05) is 158 Å². The van der Waals surface area contributed by atoms with E-state index in [1.54, 1.807) is 0 Å². The van der Waals surface area contributed by atoms with Crippen LogP contribution in [0.1, 0.15) is 184 Å². The molecule has 33 heavy (non-hydrogen) atoms. The van der Waals surface area contributed by atoms with E-state index >= 15 is 0 Å². The van der Waals surface area contributed by atoms with Crippen molar-refractivity contribution < 1.29 is 0 Å². The van der Waals surface area contributed by atoms with Crippen molar-refractivity contribution in [3.05, 3.63) is 0 Å². The van der Waals surface area contributed by atoms with E-state index in [1.165, 1.54) is 128 Å². The van der Waals surface area contributed by atoms with Gasteiger partial charge in [0.25, 0.3) is 0 Å². The third-order valence-electron chi connectivity index (χ3n) is 8.14. The Morgan fingerprint density at radius 2 is 0.848 bits per heavy atom. The van der Waals surface area contributed by atoms with Crippen LogP contribution in [0, 0.1) is 11.8 Å². The molecule has 0 nitrogen and oxygen atoms in total. The number of rotatable bonds is 24. The van der Waals surface area contributed by atoms with E-state index in [2.05, 4.69) is 67.2 Å². The molecule has 0 saturated carbocycles. The van der Waals surface area contributed by atoms with Crippen molar-refractivity contribution >= 4 is 11.8 Å². The van der Waals surface area contributed by atoms with Crippen molar-refractivity contribution in [3.63, 3.8) is 0 Å². The lowest BCUT2D eigenvalue weighted by Gasteiger charge is -2.43. The summed E-state index contributed by atoms with van der Waals surface area (Å²) in [5, 5.41) is 0. The van der Waals surface area contributed by atoms with Gasteiger partial charge < -0.3 is 0 Å². The van der Waals surface area contributed by atoms with Gasteiger partial charge in [-0.25, -0.2) is 0 Å². The molecule has 0 N–H and O–H groups in total. The first-order chi connectivity index (χ1) is 15.8. The summed E-state index contributed by atoms with van der Waals surface area (Å²) in [5.41, 5.74) is 0. The van der Waals surface area contributed by atoms with Gasteiger partial charge in [0.05, 0.1) is 0 Å². The van der Waals surface area contributed by atoms with Gasteiger partial charge in [0.15, 0.2) is 0 Å². The Bertz CT molecular complexity index is 381. The molecule has 4 unspecified atom stereocenters. The van der Waals surface area contributed by atoms with Gasteiger partial charge >= 0.3 is 0 Å². The molecule has 0 aliphatic carbocycles. The molecular formula is C32H66S. The van der Waals surface area contributed by atoms with Crippen molar-refractivity contribution in [2.75, 3.05) is 0 Å². The summed E-state index contributed by atoms with van der Waals surface area (Å²) >= 11 is 2.46. The van der Waals surface area contributed by atoms with Crippen LogP contribution in [-0.4, -0.2) is 9.49 Å². The van der Waals surface area contributed by atoms with Crippen LogP contribution in [0.5, 0.6) is 0 Å². The predicted molar refractivity (Wildman–Crippen MR) is 158 cm³/mol. The highest BCUT2D eigenvalue weighted by atomic mass is 32.2. The fourth-order valence-electron chi connectivity index (χ4n) is 5.94. The lowest BCUT2D eigenvalue weighted by atomic mass is 9.85. The summed E-state index contributed by atoms with van der Waals surface area (Å²) in [5.74, 6) is 1.83. The lowest BCUT2D eigenvalue weighted by molar-refractivity contribution is 0.337. The Hall–Kier alpha value is 0.350. The van der Waals surface area contributed by atoms with Gasteiger partial charge in [-0.05, 0) is 37.5 Å². The van der Waals surface area contributed by atoms with Crippen LogP contribution in [0.25, 0.3) is 0 Å². The maximum atomic E-state index is 2.68. The quantitative estimate of drug-likeness (QED) is 0.123. The fourth-order valence-corrected chi connectivity index (χ4v) is 8.26. The van der Waals surface area contributed by atoms with Crippen molar-refractivity contribution in [1.29, 1.82) is 0 Å². The molecular weight excluding hydrogens is 416 g/mol. The molecule has 200 valence electrons. The monoisotopic (exact) mass is 482 g/mol. The molecule has 1 heteroatoms. The molecule has 0 rings (SSSR count). The summed E-state index contributed by atoms with van der Waals surface area (Å²) in [6, 6.07) is 0. The van der Waals surface area contributed by atoms with Crippen LogP contribution in [0.4, 0.5) is 0 Å². The molecule has 0 heterocycles. The smallest absolute Gasteiger partial charge is 0.0140 e. The molecule has 0 radical (unpaired) electrons. The Labute approximate surface area is 216 Å². The summed E-state index contributed by atoms with van der Waals surface area (Å²) in [6.07, 6.45) is 28.1. The SMILES string of the molecule is CCCCCCC(C)(CC(CC)CCCC)SC(C)(CCCCCC)CC(CC)CCCC. The molecule has 0 aromatic carbocycles. The molecule has 0 aliphatic rings. The first-order valence-electron chi connectivity index (χ1n) is 15.5. The summed E-state index contributed by atoms with van der Waals surface area (Å²) < 4.78 is 0.898. The number of hydrogen-bond donors (Lipinski definition) is 0. The van der Waals surface area contributed by atoms with E-state index in [4.69, 9.17) is 0 Å². The van der Waals surface area contributed by atoms with Crippen LogP contribution < -0.4 is 0 Å². The van der Waals surface area contributed by atoms with Gasteiger partial charge in [0, 0.05) is 9.49 Å². The van der Waals surface area contributed by atoms with Gasteiger partial charge in [0.2, 0.25) is 0 Å². The van der Waals surface area contributed by atoms with Crippen LogP contribution in [0.15, 0.2) is 0 Å². The maximum Gasteiger partial charge on any atom is 0.0140 e. The molecule has 0 bridgehead atoms. The Balaban J connectivity index is 5.57. The molecule has 0 amide bonds. The van der Waals surface area contributed by atoms with Gasteiger partial charge in [-0.15, -0.1) is 11.8 Å². The minimum atomic E-state index is 0.449. The van der Waals surface area contributed by atoms with Gasteiger partial charge in [-0.2, -0.15) is 0 Å². The molecule has 0 aromatic rings. The van der Waals surface area contributed by atoms with Crippen molar-refractivity contribution in [1.82, 2.24) is 0 Å². The summed E-state index contributed by atoms with van der Waals surface area (Å²) in [7, 11) is 0. The zero-order valence-corrected chi connectivity index (χ0v) is 25.5. The molecule has 0 saturated heterocycles. The van der Waals surface area contributed by atoms with E-state index in [0.29, 0.717) is 9.49 Å². The topological polar surface area (TPSA) is 0 Å². The van der Waals surface area contributed by atoms with E-state index in [1.807, 2.05) is 0 Å². The van der Waals surface area contributed by atoms with E-state index < -0.39 is 0 Å². The molecule has 0 aliphatic heterocycles. The highest BCUT2D eigenvalue weighted by Crippen LogP contribution is 2.50. The van der Waals surface area contributed by atoms with E-state index in [-0.39, 0.29) is 0 Å². The highest BCUT2D eigenvalue weighted by Gasteiger charge is 2.37. The Kier molecular flexibility index (Phi) is 20.8. The average Bonchev–Trinajstić information content (AvgIpc) is 2.80. The second kappa shape index (κ2) is 20.5. The second-order valence-electron chi connectivity index (χ2n) is 11.9. The summed E-state index contributed by atoms with van der Waals surface area (Å²) in [4.78, 5) is 0. The van der Waals surface area contributed by atoms with Crippen LogP contribution in [0.3, 0.4) is 0 Å². The third kappa shape index (κ3) is 16.6. The van der Waals surface area contributed by atoms with Crippen LogP contribution in [-0.2, 0) is 0 Å². The predicted octanol–water partition coefficient (Wildman–Crippen LogP) is 12.4. The van der Waals surface area contributed by atoms with E-state index in [0.717, 1.165) is 11.8 Å². The number of hydrogen-bond acceptors (Lipinski definition) is 1. The first kappa shape index (κ1) is 33.4. The zero-order chi connectivity index (χ0) is 25.0. The molecule has 0 aromatic heterocycles. The van der Waals surface area contributed by atoms with Crippen molar-refractivity contribution in [2.24, 2.45) is 11.8 Å². The largest absolute Gasteiger partial charge is 0.149 e. The number of unbranched alkanes of at least 4 members (excludes halogenated alkanes) is 8. The van der Waals surface area contributed by atoms with Crippen molar-refractivity contribution in [2.45, 2.75) is 193 Å². The summed E-state index contributed by atoms with van der Waals surface area (Å²) in [6.45, 7) is 19.7. The van der Waals surface area contributed by atoms with Gasteiger partial charge in [0.1, 0.15) is 0 Å². The van der Waals surface area contributed by atoms with E-state index in [9.17, 15) is 0 Å². The normalized spacial score (nSPS) is 17.5. The molecule has 4 atom stereocenters. The first-order valence-corrected chi connectivity index (χ1v) is 16.3. The number of thioether (sulfide) groups is 1. The fraction of sp³-hybridized carbons (Fsp3) is 1.00. The molecule has 0 spiro atoms. The third-order valence-corrected chi connectivity index (χ3v) is 9.87. The van der Waals surface area contributed by atoms with Crippen LogP contribution in [0.2, 0.25) is 0 Å². The molecule has 0 fully saturated rings. The average molecular weight is 483 g/mol. The maximum absolute atomic E-state index is 2.68. The Morgan fingerprint density at radius 3 is 1.15 bits per heavy atom. The zero-order valence-electron chi connectivity index (χ0n) is 24.7. The standard InChI is InChI=1S/C32H66S/c1-9-15-19-21-25-31(7,27-29(13-5)23-17-11-3)33-32(8,26-22-20-16-10-2)28-30(14-6)24-18-12-4/h29-30H,9-28H2,1-8H3. The minimum Gasteiger partial charge on any atom is -0.149 e. The van der Waals surface area contributed by atoms with Crippen molar-refractivity contribution in [3.8, 4) is 0 Å². The second-order valence-corrected chi connectivity index (χ2v) is 14.0.